The summed E-state index contributed by atoms with van der Waals surface area (Å²) in [5.74, 6) is -0.663. The van der Waals surface area contributed by atoms with Gasteiger partial charge in [0.15, 0.2) is 0 Å². The number of likely N-dealkylation sites (N-methyl/N-ethyl adjacent to an activating group) is 1. The molecule has 0 radical (unpaired) electrons. The largest absolute Gasteiger partial charge is 0.366 e. The van der Waals surface area contributed by atoms with Crippen LogP contribution >= 0.6 is 12.4 Å². The summed E-state index contributed by atoms with van der Waals surface area (Å²) < 4.78 is 0. The van der Waals surface area contributed by atoms with Gasteiger partial charge in [-0.2, -0.15) is 0 Å². The predicted octanol–water partition coefficient (Wildman–Crippen LogP) is 0.545. The third-order valence-electron chi connectivity index (χ3n) is 2.49. The molecule has 100 valence electrons. The van der Waals surface area contributed by atoms with E-state index in [0.717, 1.165) is 0 Å². The van der Waals surface area contributed by atoms with E-state index in [4.69, 9.17) is 5.73 Å². The monoisotopic (exact) mass is 271 g/mol. The maximum absolute atomic E-state index is 11.7. The molecule has 6 heteroatoms. The van der Waals surface area contributed by atoms with Crippen molar-refractivity contribution in [1.29, 1.82) is 0 Å². The van der Waals surface area contributed by atoms with E-state index in [2.05, 4.69) is 10.6 Å². The number of primary amides is 1. The second-order valence-electron chi connectivity index (χ2n) is 3.84. The average Bonchev–Trinajstić information content (AvgIpc) is 2.35. The lowest BCUT2D eigenvalue weighted by atomic mass is 10.1. The van der Waals surface area contributed by atoms with Crippen molar-refractivity contribution in [1.82, 2.24) is 10.6 Å². The first-order valence-corrected chi connectivity index (χ1v) is 5.40. The van der Waals surface area contributed by atoms with Gasteiger partial charge in [-0.15, -0.1) is 12.4 Å². The number of nitrogens with two attached hydrogens (primary N) is 1. The molecular formula is C12H18ClN3O2. The van der Waals surface area contributed by atoms with E-state index >= 15 is 0 Å². The first-order valence-electron chi connectivity index (χ1n) is 5.40. The molecule has 1 rings (SSSR count). The first kappa shape index (κ1) is 16.4. The number of carbonyl (C=O) groups is 2. The highest BCUT2D eigenvalue weighted by atomic mass is 35.5. The number of halogens is 1. The minimum absolute atomic E-state index is 0. The van der Waals surface area contributed by atoms with Crippen molar-refractivity contribution in [2.45, 2.75) is 13.0 Å². The van der Waals surface area contributed by atoms with Gasteiger partial charge in [0.1, 0.15) is 0 Å². The topological polar surface area (TPSA) is 84.2 Å². The first-order chi connectivity index (χ1) is 8.04. The van der Waals surface area contributed by atoms with E-state index in [1.807, 2.05) is 14.0 Å². The number of amides is 2. The van der Waals surface area contributed by atoms with Gasteiger partial charge < -0.3 is 16.4 Å². The molecule has 5 nitrogen and oxygen atoms in total. The molecule has 0 saturated carbocycles. The molecule has 18 heavy (non-hydrogen) atoms. The summed E-state index contributed by atoms with van der Waals surface area (Å²) in [6, 6.07) is 6.46. The van der Waals surface area contributed by atoms with Crippen molar-refractivity contribution in [2.24, 2.45) is 5.73 Å². The van der Waals surface area contributed by atoms with Gasteiger partial charge in [0.25, 0.3) is 5.91 Å². The van der Waals surface area contributed by atoms with Crippen molar-refractivity contribution in [2.75, 3.05) is 13.6 Å². The van der Waals surface area contributed by atoms with Crippen LogP contribution in [0.15, 0.2) is 24.3 Å². The molecule has 2 amide bonds. The second-order valence-corrected chi connectivity index (χ2v) is 3.84. The zero-order chi connectivity index (χ0) is 12.8. The Kier molecular flexibility index (Phi) is 7.00. The normalized spacial score (nSPS) is 11.2. The van der Waals surface area contributed by atoms with Gasteiger partial charge in [0.2, 0.25) is 5.91 Å². The van der Waals surface area contributed by atoms with Crippen LogP contribution in [0.2, 0.25) is 0 Å². The molecule has 4 N–H and O–H groups in total. The summed E-state index contributed by atoms with van der Waals surface area (Å²) in [5.41, 5.74) is 6.01. The van der Waals surface area contributed by atoms with Crippen LogP contribution in [-0.4, -0.2) is 31.4 Å². The van der Waals surface area contributed by atoms with Crippen molar-refractivity contribution in [3.8, 4) is 0 Å². The number of nitrogens with one attached hydrogen (secondary N) is 2. The lowest BCUT2D eigenvalue weighted by Gasteiger charge is -2.11. The fourth-order valence-corrected chi connectivity index (χ4v) is 1.24. The Morgan fingerprint density at radius 3 is 2.17 bits per heavy atom. The van der Waals surface area contributed by atoms with E-state index in [0.29, 0.717) is 17.7 Å². The zero-order valence-corrected chi connectivity index (χ0v) is 11.2. The molecule has 0 aliphatic carbocycles. The van der Waals surface area contributed by atoms with Gasteiger partial charge >= 0.3 is 0 Å². The summed E-state index contributed by atoms with van der Waals surface area (Å²) in [4.78, 5) is 22.5. The van der Waals surface area contributed by atoms with Crippen LogP contribution in [0.3, 0.4) is 0 Å². The van der Waals surface area contributed by atoms with Gasteiger partial charge in [-0.25, -0.2) is 0 Å². The lowest BCUT2D eigenvalue weighted by molar-refractivity contribution is 0.0948. The van der Waals surface area contributed by atoms with Crippen LogP contribution in [0.1, 0.15) is 27.6 Å². The van der Waals surface area contributed by atoms with Gasteiger partial charge in [-0.1, -0.05) is 0 Å². The summed E-state index contributed by atoms with van der Waals surface area (Å²) in [6.07, 6.45) is 0. The third kappa shape index (κ3) is 4.73. The van der Waals surface area contributed by atoms with Gasteiger partial charge in [-0.05, 0) is 38.2 Å². The molecule has 1 atom stereocenters. The number of hydrogen-bond donors (Lipinski definition) is 3. The van der Waals surface area contributed by atoms with Crippen molar-refractivity contribution < 1.29 is 9.59 Å². The summed E-state index contributed by atoms with van der Waals surface area (Å²) in [6.45, 7) is 2.52. The van der Waals surface area contributed by atoms with E-state index in [-0.39, 0.29) is 24.4 Å². The summed E-state index contributed by atoms with van der Waals surface area (Å²) in [5, 5.41) is 5.80. The highest BCUT2D eigenvalue weighted by Gasteiger charge is 2.07. The molecule has 0 aromatic heterocycles. The smallest absolute Gasteiger partial charge is 0.251 e. The molecular weight excluding hydrogens is 254 g/mol. The van der Waals surface area contributed by atoms with E-state index in [1.165, 1.54) is 0 Å². The molecule has 0 aliphatic rings. The number of rotatable bonds is 5. The third-order valence-corrected chi connectivity index (χ3v) is 2.49. The quantitative estimate of drug-likeness (QED) is 0.731. The maximum Gasteiger partial charge on any atom is 0.251 e. The van der Waals surface area contributed by atoms with Crippen molar-refractivity contribution in [3.05, 3.63) is 35.4 Å². The Balaban J connectivity index is 0.00000289. The molecule has 1 unspecified atom stereocenters. The Hall–Kier alpha value is -1.59. The van der Waals surface area contributed by atoms with E-state index in [1.54, 1.807) is 24.3 Å². The highest BCUT2D eigenvalue weighted by Crippen LogP contribution is 2.03. The predicted molar refractivity (Wildman–Crippen MR) is 73.1 cm³/mol. The van der Waals surface area contributed by atoms with Gasteiger partial charge in [-0.3, -0.25) is 9.59 Å². The van der Waals surface area contributed by atoms with Crippen LogP contribution < -0.4 is 16.4 Å². The Labute approximate surface area is 113 Å². The van der Waals surface area contributed by atoms with Crippen molar-refractivity contribution >= 4 is 24.2 Å². The minimum atomic E-state index is -0.499. The van der Waals surface area contributed by atoms with E-state index in [9.17, 15) is 9.59 Å². The molecule has 0 saturated heterocycles. The molecule has 0 heterocycles. The van der Waals surface area contributed by atoms with Crippen LogP contribution in [0.5, 0.6) is 0 Å². The SMILES string of the molecule is CNC(C)CNC(=O)c1ccc(C(N)=O)cc1.Cl. The Morgan fingerprint density at radius 2 is 1.72 bits per heavy atom. The molecule has 0 spiro atoms. The molecule has 1 aromatic carbocycles. The van der Waals surface area contributed by atoms with Crippen molar-refractivity contribution in [3.63, 3.8) is 0 Å². The summed E-state index contributed by atoms with van der Waals surface area (Å²) in [7, 11) is 1.83. The minimum Gasteiger partial charge on any atom is -0.366 e. The fourth-order valence-electron chi connectivity index (χ4n) is 1.24. The zero-order valence-electron chi connectivity index (χ0n) is 10.4. The van der Waals surface area contributed by atoms with Crippen LogP contribution in [0.25, 0.3) is 0 Å². The lowest BCUT2D eigenvalue weighted by Crippen LogP contribution is -2.37. The van der Waals surface area contributed by atoms with Crippen LogP contribution in [0, 0.1) is 0 Å². The molecule has 0 aliphatic heterocycles. The number of hydrogen-bond acceptors (Lipinski definition) is 3. The maximum atomic E-state index is 11.7. The molecule has 0 bridgehead atoms. The highest BCUT2D eigenvalue weighted by molar-refractivity contribution is 5.97. The Morgan fingerprint density at radius 1 is 1.22 bits per heavy atom. The standard InChI is InChI=1S/C12H17N3O2.ClH/c1-8(14-2)7-15-12(17)10-5-3-9(4-6-10)11(13)16;/h3-6,8,14H,7H2,1-2H3,(H2,13,16)(H,15,17);1H. The fraction of sp³-hybridized carbons (Fsp3) is 0.333. The van der Waals surface area contributed by atoms with E-state index < -0.39 is 5.91 Å². The average molecular weight is 272 g/mol. The van der Waals surface area contributed by atoms with Gasteiger partial charge in [0.05, 0.1) is 0 Å². The second kappa shape index (κ2) is 7.68. The number of carbonyl (C=O) groups excluding carboxylic acids is 2. The van der Waals surface area contributed by atoms with Gasteiger partial charge in [0, 0.05) is 23.7 Å². The molecule has 0 fully saturated rings. The molecule has 1 aromatic rings. The summed E-state index contributed by atoms with van der Waals surface area (Å²) >= 11 is 0. The van der Waals surface area contributed by atoms with Crippen LogP contribution in [-0.2, 0) is 0 Å². The number of benzene rings is 1. The van der Waals surface area contributed by atoms with Crippen LogP contribution in [0.4, 0.5) is 0 Å². The Bertz CT molecular complexity index is 406.